The average Bonchev–Trinajstić information content (AvgIpc) is 2.56. The monoisotopic (exact) mass is 319 g/mol. The first kappa shape index (κ1) is 16.5. The van der Waals surface area contributed by atoms with E-state index in [1.165, 1.54) is 35.5 Å². The van der Waals surface area contributed by atoms with E-state index in [1.54, 1.807) is 6.92 Å². The molecular formula is C16H15F2N3O2. The zero-order chi connectivity index (χ0) is 16.8. The summed E-state index contributed by atoms with van der Waals surface area (Å²) in [5.41, 5.74) is -0.142. The molecule has 0 aliphatic carbocycles. The highest BCUT2D eigenvalue weighted by molar-refractivity contribution is 5.99. The molecule has 0 radical (unpaired) electrons. The lowest BCUT2D eigenvalue weighted by molar-refractivity contribution is -0.116. The maximum Gasteiger partial charge on any atom is 0.254 e. The lowest BCUT2D eigenvalue weighted by atomic mass is 10.2. The zero-order valence-corrected chi connectivity index (χ0v) is 12.4. The number of carbonyl (C=O) groups excluding carboxylic acids is 2. The van der Waals surface area contributed by atoms with Crippen molar-refractivity contribution in [2.75, 3.05) is 18.4 Å². The van der Waals surface area contributed by atoms with Gasteiger partial charge < -0.3 is 10.2 Å². The van der Waals surface area contributed by atoms with Crippen LogP contribution in [-0.2, 0) is 4.79 Å². The number of halogens is 2. The highest BCUT2D eigenvalue weighted by Gasteiger charge is 2.19. The van der Waals surface area contributed by atoms with Gasteiger partial charge in [0.05, 0.1) is 0 Å². The Morgan fingerprint density at radius 2 is 1.74 bits per heavy atom. The van der Waals surface area contributed by atoms with Gasteiger partial charge in [0.2, 0.25) is 5.91 Å². The Morgan fingerprint density at radius 1 is 1.13 bits per heavy atom. The van der Waals surface area contributed by atoms with E-state index >= 15 is 0 Å². The van der Waals surface area contributed by atoms with E-state index in [0.29, 0.717) is 5.56 Å². The molecular weight excluding hydrogens is 304 g/mol. The van der Waals surface area contributed by atoms with Gasteiger partial charge in [-0.15, -0.1) is 0 Å². The molecule has 120 valence electrons. The van der Waals surface area contributed by atoms with Crippen LogP contribution in [0, 0.1) is 11.6 Å². The van der Waals surface area contributed by atoms with Crippen molar-refractivity contribution < 1.29 is 18.4 Å². The Hall–Kier alpha value is -2.83. The van der Waals surface area contributed by atoms with Crippen molar-refractivity contribution in [3.05, 3.63) is 59.9 Å². The minimum Gasteiger partial charge on any atom is -0.330 e. The van der Waals surface area contributed by atoms with Crippen molar-refractivity contribution in [2.24, 2.45) is 0 Å². The van der Waals surface area contributed by atoms with Crippen molar-refractivity contribution >= 4 is 17.5 Å². The van der Waals surface area contributed by atoms with Crippen LogP contribution in [0.25, 0.3) is 0 Å². The van der Waals surface area contributed by atoms with Gasteiger partial charge in [-0.3, -0.25) is 14.6 Å². The van der Waals surface area contributed by atoms with Crippen LogP contribution in [0.2, 0.25) is 0 Å². The summed E-state index contributed by atoms with van der Waals surface area (Å²) in [5, 5.41) is 2.15. The van der Waals surface area contributed by atoms with E-state index < -0.39 is 23.2 Å². The summed E-state index contributed by atoms with van der Waals surface area (Å²) in [6.07, 6.45) is 2.94. The Labute approximate surface area is 131 Å². The first-order chi connectivity index (χ1) is 11.0. The number of carbonyl (C=O) groups is 2. The Morgan fingerprint density at radius 3 is 2.30 bits per heavy atom. The standard InChI is InChI=1S/C16H15F2N3O2/c1-2-21(16(23)11-6-8-19-9-7-11)10-14(22)20-15-12(17)4-3-5-13(15)18/h3-9H,2,10H2,1H3,(H,20,22). The molecule has 1 N–H and O–H groups in total. The number of rotatable bonds is 5. The molecule has 0 atom stereocenters. The number of nitrogens with zero attached hydrogens (tertiary/aromatic N) is 2. The summed E-state index contributed by atoms with van der Waals surface area (Å²) in [5.74, 6) is -2.79. The van der Waals surface area contributed by atoms with Gasteiger partial charge in [0.1, 0.15) is 23.9 Å². The second-order valence-corrected chi connectivity index (χ2v) is 4.70. The number of amides is 2. The summed E-state index contributed by atoms with van der Waals surface area (Å²) in [6.45, 7) is 1.66. The summed E-state index contributed by atoms with van der Waals surface area (Å²) >= 11 is 0. The Bertz CT molecular complexity index is 687. The van der Waals surface area contributed by atoms with Crippen LogP contribution in [0.5, 0.6) is 0 Å². The van der Waals surface area contributed by atoms with E-state index in [0.717, 1.165) is 12.1 Å². The van der Waals surface area contributed by atoms with Gasteiger partial charge in [-0.2, -0.15) is 0 Å². The minimum atomic E-state index is -0.873. The van der Waals surface area contributed by atoms with Gasteiger partial charge in [-0.05, 0) is 31.2 Å². The van der Waals surface area contributed by atoms with Crippen molar-refractivity contribution in [1.82, 2.24) is 9.88 Å². The first-order valence-corrected chi connectivity index (χ1v) is 6.96. The predicted molar refractivity (Wildman–Crippen MR) is 80.8 cm³/mol. The molecule has 0 fully saturated rings. The molecule has 0 unspecified atom stereocenters. The molecule has 0 bridgehead atoms. The molecule has 2 rings (SSSR count). The Kier molecular flexibility index (Phi) is 5.35. The van der Waals surface area contributed by atoms with E-state index in [9.17, 15) is 18.4 Å². The molecule has 1 aromatic heterocycles. The topological polar surface area (TPSA) is 62.3 Å². The number of anilines is 1. The number of likely N-dealkylation sites (N-methyl/N-ethyl adjacent to an activating group) is 1. The van der Waals surface area contributed by atoms with Crippen LogP contribution >= 0.6 is 0 Å². The number of nitrogens with one attached hydrogen (secondary N) is 1. The van der Waals surface area contributed by atoms with Gasteiger partial charge in [0.25, 0.3) is 5.91 Å². The molecule has 0 saturated carbocycles. The van der Waals surface area contributed by atoms with Crippen LogP contribution in [0.3, 0.4) is 0 Å². The van der Waals surface area contributed by atoms with Crippen molar-refractivity contribution in [3.63, 3.8) is 0 Å². The maximum atomic E-state index is 13.5. The molecule has 7 heteroatoms. The number of hydrogen-bond donors (Lipinski definition) is 1. The van der Waals surface area contributed by atoms with Gasteiger partial charge >= 0.3 is 0 Å². The molecule has 1 heterocycles. The quantitative estimate of drug-likeness (QED) is 0.921. The van der Waals surface area contributed by atoms with E-state index in [-0.39, 0.29) is 19.0 Å². The highest BCUT2D eigenvalue weighted by atomic mass is 19.1. The number of aromatic nitrogens is 1. The summed E-state index contributed by atoms with van der Waals surface area (Å²) in [7, 11) is 0. The first-order valence-electron chi connectivity index (χ1n) is 6.96. The van der Waals surface area contributed by atoms with E-state index in [4.69, 9.17) is 0 Å². The van der Waals surface area contributed by atoms with Crippen LogP contribution in [-0.4, -0.2) is 34.8 Å². The third-order valence-electron chi connectivity index (χ3n) is 3.16. The number of benzene rings is 1. The predicted octanol–water partition coefficient (Wildman–Crippen LogP) is 2.46. The minimum absolute atomic E-state index is 0.272. The van der Waals surface area contributed by atoms with Crippen molar-refractivity contribution in [3.8, 4) is 0 Å². The largest absolute Gasteiger partial charge is 0.330 e. The molecule has 5 nitrogen and oxygen atoms in total. The zero-order valence-electron chi connectivity index (χ0n) is 12.4. The van der Waals surface area contributed by atoms with Gasteiger partial charge in [-0.25, -0.2) is 8.78 Å². The van der Waals surface area contributed by atoms with Gasteiger partial charge in [-0.1, -0.05) is 6.07 Å². The van der Waals surface area contributed by atoms with Crippen LogP contribution in [0.4, 0.5) is 14.5 Å². The fraction of sp³-hybridized carbons (Fsp3) is 0.188. The van der Waals surface area contributed by atoms with Crippen LogP contribution < -0.4 is 5.32 Å². The average molecular weight is 319 g/mol. The third-order valence-corrected chi connectivity index (χ3v) is 3.16. The molecule has 2 amide bonds. The molecule has 0 spiro atoms. The number of pyridine rings is 1. The SMILES string of the molecule is CCN(CC(=O)Nc1c(F)cccc1F)C(=O)c1ccncc1. The summed E-state index contributed by atoms with van der Waals surface area (Å²) in [6, 6.07) is 6.33. The number of para-hydroxylation sites is 1. The van der Waals surface area contributed by atoms with Crippen LogP contribution in [0.15, 0.2) is 42.7 Å². The normalized spacial score (nSPS) is 10.2. The second-order valence-electron chi connectivity index (χ2n) is 4.70. The molecule has 23 heavy (non-hydrogen) atoms. The summed E-state index contributed by atoms with van der Waals surface area (Å²) < 4.78 is 27.0. The highest BCUT2D eigenvalue weighted by Crippen LogP contribution is 2.17. The summed E-state index contributed by atoms with van der Waals surface area (Å²) in [4.78, 5) is 29.3. The molecule has 0 saturated heterocycles. The fourth-order valence-corrected chi connectivity index (χ4v) is 1.97. The van der Waals surface area contributed by atoms with Crippen molar-refractivity contribution in [2.45, 2.75) is 6.92 Å². The van der Waals surface area contributed by atoms with Gasteiger partial charge in [0, 0.05) is 24.5 Å². The fourth-order valence-electron chi connectivity index (χ4n) is 1.97. The molecule has 0 aliphatic rings. The molecule has 0 aliphatic heterocycles. The maximum absolute atomic E-state index is 13.5. The second kappa shape index (κ2) is 7.44. The third kappa shape index (κ3) is 4.09. The van der Waals surface area contributed by atoms with E-state index in [1.807, 2.05) is 0 Å². The lowest BCUT2D eigenvalue weighted by Gasteiger charge is -2.20. The van der Waals surface area contributed by atoms with Crippen LogP contribution in [0.1, 0.15) is 17.3 Å². The lowest BCUT2D eigenvalue weighted by Crippen LogP contribution is -2.38. The smallest absolute Gasteiger partial charge is 0.254 e. The molecule has 1 aromatic carbocycles. The van der Waals surface area contributed by atoms with Gasteiger partial charge in [0.15, 0.2) is 0 Å². The Balaban J connectivity index is 2.07. The van der Waals surface area contributed by atoms with E-state index in [2.05, 4.69) is 10.3 Å². The number of hydrogen-bond acceptors (Lipinski definition) is 3. The molecule has 2 aromatic rings. The van der Waals surface area contributed by atoms with Crippen molar-refractivity contribution in [1.29, 1.82) is 0 Å².